The van der Waals surface area contributed by atoms with Gasteiger partial charge in [-0.1, -0.05) is 11.8 Å². The number of pyridine rings is 1. The van der Waals surface area contributed by atoms with Crippen molar-refractivity contribution >= 4 is 11.6 Å². The van der Waals surface area contributed by atoms with Crippen LogP contribution in [-0.4, -0.2) is 22.6 Å². The molecule has 2 rings (SSSR count). The molecule has 1 heterocycles. The van der Waals surface area contributed by atoms with Crippen molar-refractivity contribution in [2.75, 3.05) is 11.9 Å². The number of amides is 1. The molecule has 0 saturated carbocycles. The third-order valence-corrected chi connectivity index (χ3v) is 2.82. The van der Waals surface area contributed by atoms with E-state index in [2.05, 4.69) is 22.1 Å². The molecule has 0 bridgehead atoms. The molecule has 106 valence electrons. The third-order valence-electron chi connectivity index (χ3n) is 2.82. The Hall–Kier alpha value is -2.71. The SMILES string of the molecule is Cc1ccncc1NC(=O)c1cc(F)ccc1C#CCO. The zero-order valence-corrected chi connectivity index (χ0v) is 11.4. The second-order valence-electron chi connectivity index (χ2n) is 4.29. The first-order valence-electron chi connectivity index (χ1n) is 6.23. The van der Waals surface area contributed by atoms with Crippen molar-refractivity contribution < 1.29 is 14.3 Å². The highest BCUT2D eigenvalue weighted by Gasteiger charge is 2.13. The third kappa shape index (κ3) is 3.65. The Bertz CT molecular complexity index is 733. The molecule has 0 aliphatic heterocycles. The number of nitrogens with one attached hydrogen (secondary N) is 1. The topological polar surface area (TPSA) is 62.2 Å². The Kier molecular flexibility index (Phi) is 4.64. The fraction of sp³-hybridized carbons (Fsp3) is 0.125. The van der Waals surface area contributed by atoms with Crippen LogP contribution < -0.4 is 5.32 Å². The van der Waals surface area contributed by atoms with Crippen LogP contribution in [0.1, 0.15) is 21.5 Å². The van der Waals surface area contributed by atoms with E-state index in [1.165, 1.54) is 18.3 Å². The van der Waals surface area contributed by atoms with E-state index in [1.807, 2.05) is 6.92 Å². The lowest BCUT2D eigenvalue weighted by Gasteiger charge is -2.09. The molecular weight excluding hydrogens is 271 g/mol. The smallest absolute Gasteiger partial charge is 0.257 e. The van der Waals surface area contributed by atoms with Crippen molar-refractivity contribution in [2.45, 2.75) is 6.92 Å². The fourth-order valence-electron chi connectivity index (χ4n) is 1.73. The van der Waals surface area contributed by atoms with Gasteiger partial charge in [-0.25, -0.2) is 4.39 Å². The summed E-state index contributed by atoms with van der Waals surface area (Å²) in [6, 6.07) is 5.49. The fourth-order valence-corrected chi connectivity index (χ4v) is 1.73. The maximum Gasteiger partial charge on any atom is 0.257 e. The van der Waals surface area contributed by atoms with Gasteiger partial charge in [-0.05, 0) is 36.8 Å². The number of anilines is 1. The average molecular weight is 284 g/mol. The lowest BCUT2D eigenvalue weighted by Crippen LogP contribution is -2.15. The van der Waals surface area contributed by atoms with Crippen LogP contribution in [0.2, 0.25) is 0 Å². The van der Waals surface area contributed by atoms with Crippen molar-refractivity contribution in [1.29, 1.82) is 0 Å². The van der Waals surface area contributed by atoms with Crippen LogP contribution in [0.25, 0.3) is 0 Å². The first kappa shape index (κ1) is 14.7. The van der Waals surface area contributed by atoms with Gasteiger partial charge in [0.05, 0.1) is 17.4 Å². The van der Waals surface area contributed by atoms with Crippen molar-refractivity contribution in [3.8, 4) is 11.8 Å². The monoisotopic (exact) mass is 284 g/mol. The number of carbonyl (C=O) groups excluding carboxylic acids is 1. The highest BCUT2D eigenvalue weighted by Crippen LogP contribution is 2.16. The molecule has 0 aliphatic carbocycles. The summed E-state index contributed by atoms with van der Waals surface area (Å²) in [6.07, 6.45) is 3.14. The van der Waals surface area contributed by atoms with E-state index in [9.17, 15) is 9.18 Å². The maximum atomic E-state index is 13.4. The molecule has 4 nitrogen and oxygen atoms in total. The Morgan fingerprint density at radius 1 is 1.43 bits per heavy atom. The number of aliphatic hydroxyl groups is 1. The van der Waals surface area contributed by atoms with Gasteiger partial charge in [0, 0.05) is 11.8 Å². The Morgan fingerprint density at radius 3 is 2.95 bits per heavy atom. The summed E-state index contributed by atoms with van der Waals surface area (Å²) >= 11 is 0. The molecule has 0 spiro atoms. The lowest BCUT2D eigenvalue weighted by atomic mass is 10.1. The van der Waals surface area contributed by atoms with Gasteiger partial charge in [-0.15, -0.1) is 0 Å². The second-order valence-corrected chi connectivity index (χ2v) is 4.29. The average Bonchev–Trinajstić information content (AvgIpc) is 2.48. The number of aryl methyl sites for hydroxylation is 1. The minimum absolute atomic E-state index is 0.110. The Balaban J connectivity index is 2.34. The number of aliphatic hydroxyl groups excluding tert-OH is 1. The van der Waals surface area contributed by atoms with E-state index < -0.39 is 11.7 Å². The molecular formula is C16H13FN2O2. The van der Waals surface area contributed by atoms with Gasteiger partial charge < -0.3 is 10.4 Å². The molecule has 1 aromatic heterocycles. The molecule has 2 aromatic rings. The van der Waals surface area contributed by atoms with Crippen LogP contribution in [0.4, 0.5) is 10.1 Å². The van der Waals surface area contributed by atoms with Gasteiger partial charge in [0.1, 0.15) is 12.4 Å². The molecule has 1 amide bonds. The first-order valence-corrected chi connectivity index (χ1v) is 6.23. The number of nitrogens with zero attached hydrogens (tertiary/aromatic N) is 1. The lowest BCUT2D eigenvalue weighted by molar-refractivity contribution is 0.102. The Labute approximate surface area is 121 Å². The van der Waals surface area contributed by atoms with Crippen molar-refractivity contribution in [3.05, 3.63) is 59.2 Å². The Morgan fingerprint density at radius 2 is 2.24 bits per heavy atom. The molecule has 0 atom stereocenters. The summed E-state index contributed by atoms with van der Waals surface area (Å²) in [4.78, 5) is 16.2. The number of carbonyl (C=O) groups is 1. The van der Waals surface area contributed by atoms with Crippen LogP contribution in [-0.2, 0) is 0 Å². The predicted octanol–water partition coefficient (Wildman–Crippen LogP) is 2.13. The molecule has 21 heavy (non-hydrogen) atoms. The van der Waals surface area contributed by atoms with Crippen LogP contribution in [0.15, 0.2) is 36.7 Å². The molecule has 0 saturated heterocycles. The number of benzene rings is 1. The summed E-state index contributed by atoms with van der Waals surface area (Å²) in [6.45, 7) is 1.50. The minimum Gasteiger partial charge on any atom is -0.384 e. The van der Waals surface area contributed by atoms with Crippen molar-refractivity contribution in [1.82, 2.24) is 4.98 Å². The van der Waals surface area contributed by atoms with Crippen LogP contribution in [0, 0.1) is 24.6 Å². The van der Waals surface area contributed by atoms with Crippen LogP contribution in [0.5, 0.6) is 0 Å². The number of aromatic nitrogens is 1. The second kappa shape index (κ2) is 6.64. The van der Waals surface area contributed by atoms with E-state index in [0.29, 0.717) is 11.3 Å². The van der Waals surface area contributed by atoms with Gasteiger partial charge in [-0.2, -0.15) is 0 Å². The molecule has 5 heteroatoms. The van der Waals surface area contributed by atoms with E-state index in [4.69, 9.17) is 5.11 Å². The van der Waals surface area contributed by atoms with Gasteiger partial charge in [-0.3, -0.25) is 9.78 Å². The molecule has 1 aromatic carbocycles. The van der Waals surface area contributed by atoms with Gasteiger partial charge in [0.2, 0.25) is 0 Å². The van der Waals surface area contributed by atoms with E-state index in [-0.39, 0.29) is 12.2 Å². The van der Waals surface area contributed by atoms with Crippen molar-refractivity contribution in [2.24, 2.45) is 0 Å². The predicted molar refractivity (Wildman–Crippen MR) is 77.3 cm³/mol. The number of halogens is 1. The summed E-state index contributed by atoms with van der Waals surface area (Å²) in [5.74, 6) is 4.06. The van der Waals surface area contributed by atoms with Crippen LogP contribution in [0.3, 0.4) is 0 Å². The van der Waals surface area contributed by atoms with E-state index in [1.54, 1.807) is 12.3 Å². The quantitative estimate of drug-likeness (QED) is 0.830. The zero-order chi connectivity index (χ0) is 15.2. The van der Waals surface area contributed by atoms with Gasteiger partial charge >= 0.3 is 0 Å². The highest BCUT2D eigenvalue weighted by atomic mass is 19.1. The van der Waals surface area contributed by atoms with Gasteiger partial charge in [0.25, 0.3) is 5.91 Å². The number of hydrogen-bond donors (Lipinski definition) is 2. The summed E-state index contributed by atoms with van der Waals surface area (Å²) < 4.78 is 13.4. The molecule has 0 unspecified atom stereocenters. The maximum absolute atomic E-state index is 13.4. The number of hydrogen-bond acceptors (Lipinski definition) is 3. The molecule has 0 fully saturated rings. The standard InChI is InChI=1S/C16H13FN2O2/c1-11-6-7-18-10-15(11)19-16(21)14-9-13(17)5-4-12(14)3-2-8-20/h4-7,9-10,20H,8H2,1H3,(H,19,21). The molecule has 0 aliphatic rings. The number of rotatable bonds is 2. The highest BCUT2D eigenvalue weighted by molar-refractivity contribution is 6.06. The van der Waals surface area contributed by atoms with Crippen molar-refractivity contribution in [3.63, 3.8) is 0 Å². The van der Waals surface area contributed by atoms with E-state index in [0.717, 1.165) is 11.6 Å². The summed E-state index contributed by atoms with van der Waals surface area (Å²) in [5, 5.41) is 11.4. The summed E-state index contributed by atoms with van der Waals surface area (Å²) in [7, 11) is 0. The van der Waals surface area contributed by atoms with Crippen LogP contribution >= 0.6 is 0 Å². The molecule has 2 N–H and O–H groups in total. The first-order chi connectivity index (χ1) is 10.1. The minimum atomic E-state index is -0.530. The normalized spacial score (nSPS) is 9.67. The van der Waals surface area contributed by atoms with Gasteiger partial charge in [0.15, 0.2) is 0 Å². The van der Waals surface area contributed by atoms with E-state index >= 15 is 0 Å². The molecule has 0 radical (unpaired) electrons. The largest absolute Gasteiger partial charge is 0.384 e. The summed E-state index contributed by atoms with van der Waals surface area (Å²) in [5.41, 5.74) is 1.86. The zero-order valence-electron chi connectivity index (χ0n) is 11.4.